The van der Waals surface area contributed by atoms with Gasteiger partial charge in [0.1, 0.15) is 0 Å². The van der Waals surface area contributed by atoms with Crippen LogP contribution in [0.15, 0.2) is 12.1 Å². The predicted molar refractivity (Wildman–Crippen MR) is 79.5 cm³/mol. The van der Waals surface area contributed by atoms with Crippen molar-refractivity contribution in [2.24, 2.45) is 0 Å². The summed E-state index contributed by atoms with van der Waals surface area (Å²) in [7, 11) is -0.498. The van der Waals surface area contributed by atoms with Crippen LogP contribution in [-0.2, 0) is 9.31 Å². The number of hydrogen-bond donors (Lipinski definition) is 2. The summed E-state index contributed by atoms with van der Waals surface area (Å²) in [6.45, 7) is 7.96. The van der Waals surface area contributed by atoms with Gasteiger partial charge in [0.2, 0.25) is 0 Å². The van der Waals surface area contributed by atoms with Crippen LogP contribution in [-0.4, -0.2) is 24.5 Å². The Balaban J connectivity index is 2.40. The summed E-state index contributed by atoms with van der Waals surface area (Å²) in [4.78, 5) is 0. The van der Waals surface area contributed by atoms with Crippen molar-refractivity contribution in [1.29, 1.82) is 5.41 Å². The minimum atomic E-state index is -0.498. The SMILES string of the molecule is CC1(C)OB(c2cc(Cl)c(N)c(C=N)c2)OC1(C)C. The normalized spacial score (nSPS) is 20.6. The smallest absolute Gasteiger partial charge is 0.399 e. The van der Waals surface area contributed by atoms with Gasteiger partial charge in [0, 0.05) is 11.8 Å². The van der Waals surface area contributed by atoms with E-state index in [-0.39, 0.29) is 0 Å². The van der Waals surface area contributed by atoms with Gasteiger partial charge in [0.25, 0.3) is 0 Å². The zero-order chi connectivity index (χ0) is 14.4. The fraction of sp³-hybridized carbons (Fsp3) is 0.462. The molecule has 4 nitrogen and oxygen atoms in total. The van der Waals surface area contributed by atoms with E-state index in [4.69, 9.17) is 32.1 Å². The van der Waals surface area contributed by atoms with Crippen LogP contribution in [0.25, 0.3) is 0 Å². The second kappa shape index (κ2) is 4.51. The second-order valence-corrected chi connectivity index (χ2v) is 6.15. The summed E-state index contributed by atoms with van der Waals surface area (Å²) in [5.41, 5.74) is 6.73. The van der Waals surface area contributed by atoms with Crippen molar-refractivity contribution >= 4 is 36.1 Å². The van der Waals surface area contributed by atoms with Gasteiger partial charge in [-0.1, -0.05) is 17.7 Å². The summed E-state index contributed by atoms with van der Waals surface area (Å²) < 4.78 is 11.9. The van der Waals surface area contributed by atoms with E-state index in [1.807, 2.05) is 27.7 Å². The Labute approximate surface area is 118 Å². The van der Waals surface area contributed by atoms with Crippen molar-refractivity contribution in [3.63, 3.8) is 0 Å². The molecular formula is C13H18BClN2O2. The van der Waals surface area contributed by atoms with Crippen LogP contribution < -0.4 is 11.2 Å². The second-order valence-electron chi connectivity index (χ2n) is 5.74. The van der Waals surface area contributed by atoms with Crippen LogP contribution in [0, 0.1) is 5.41 Å². The standard InChI is InChI=1S/C13H18BClN2O2/c1-12(2)13(3,4)19-14(18-12)9-5-8(7-16)11(17)10(15)6-9/h5-7,16H,17H2,1-4H3. The highest BCUT2D eigenvalue weighted by molar-refractivity contribution is 6.62. The van der Waals surface area contributed by atoms with Crippen molar-refractivity contribution in [1.82, 2.24) is 0 Å². The van der Waals surface area contributed by atoms with E-state index in [0.717, 1.165) is 5.46 Å². The highest BCUT2D eigenvalue weighted by Crippen LogP contribution is 2.36. The fourth-order valence-corrected chi connectivity index (χ4v) is 2.13. The van der Waals surface area contributed by atoms with Gasteiger partial charge >= 0.3 is 7.12 Å². The first kappa shape index (κ1) is 14.4. The summed E-state index contributed by atoms with van der Waals surface area (Å²) >= 11 is 6.08. The number of nitrogen functional groups attached to an aromatic ring is 1. The average Bonchev–Trinajstić information content (AvgIpc) is 2.52. The molecule has 0 spiro atoms. The van der Waals surface area contributed by atoms with E-state index in [1.165, 1.54) is 6.21 Å². The van der Waals surface area contributed by atoms with Crippen LogP contribution >= 0.6 is 11.6 Å². The van der Waals surface area contributed by atoms with Gasteiger partial charge in [0.05, 0.1) is 21.9 Å². The molecule has 0 atom stereocenters. The van der Waals surface area contributed by atoms with Gasteiger partial charge in [0.15, 0.2) is 0 Å². The molecule has 19 heavy (non-hydrogen) atoms. The maximum atomic E-state index is 7.36. The quantitative estimate of drug-likeness (QED) is 0.496. The maximum absolute atomic E-state index is 7.36. The van der Waals surface area contributed by atoms with Gasteiger partial charge in [-0.25, -0.2) is 0 Å². The number of hydrogen-bond acceptors (Lipinski definition) is 4. The first-order valence-corrected chi connectivity index (χ1v) is 6.51. The van der Waals surface area contributed by atoms with E-state index in [0.29, 0.717) is 16.3 Å². The van der Waals surface area contributed by atoms with E-state index in [9.17, 15) is 0 Å². The van der Waals surface area contributed by atoms with E-state index >= 15 is 0 Å². The first-order chi connectivity index (χ1) is 8.68. The first-order valence-electron chi connectivity index (χ1n) is 6.13. The Morgan fingerprint density at radius 2 is 1.74 bits per heavy atom. The van der Waals surface area contributed by atoms with Gasteiger partial charge < -0.3 is 20.5 Å². The van der Waals surface area contributed by atoms with Gasteiger partial charge in [-0.3, -0.25) is 0 Å². The third-order valence-electron chi connectivity index (χ3n) is 3.86. The maximum Gasteiger partial charge on any atom is 0.494 e. The van der Waals surface area contributed by atoms with E-state index < -0.39 is 18.3 Å². The number of anilines is 1. The molecule has 1 aliphatic rings. The third kappa shape index (κ3) is 2.38. The molecule has 0 aromatic heterocycles. The molecule has 0 radical (unpaired) electrons. The number of nitrogens with one attached hydrogen (secondary N) is 1. The topological polar surface area (TPSA) is 68.3 Å². The Kier molecular flexibility index (Phi) is 3.41. The lowest BCUT2D eigenvalue weighted by atomic mass is 9.78. The van der Waals surface area contributed by atoms with Crippen molar-refractivity contribution in [3.8, 4) is 0 Å². The Bertz CT molecular complexity index is 516. The van der Waals surface area contributed by atoms with Crippen molar-refractivity contribution < 1.29 is 9.31 Å². The summed E-state index contributed by atoms with van der Waals surface area (Å²) in [5, 5.41) is 7.77. The Hall–Kier alpha value is -1.04. The molecule has 0 amide bonds. The number of benzene rings is 1. The largest absolute Gasteiger partial charge is 0.494 e. The molecule has 0 aliphatic carbocycles. The lowest BCUT2D eigenvalue weighted by Crippen LogP contribution is -2.41. The molecule has 3 N–H and O–H groups in total. The highest BCUT2D eigenvalue weighted by Gasteiger charge is 2.51. The van der Waals surface area contributed by atoms with Crippen LogP contribution in [0.2, 0.25) is 5.02 Å². The lowest BCUT2D eigenvalue weighted by Gasteiger charge is -2.32. The molecule has 1 heterocycles. The highest BCUT2D eigenvalue weighted by atomic mass is 35.5. The summed E-state index contributed by atoms with van der Waals surface area (Å²) in [6.07, 6.45) is 1.18. The van der Waals surface area contributed by atoms with Crippen LogP contribution in [0.1, 0.15) is 33.3 Å². The van der Waals surface area contributed by atoms with Crippen LogP contribution in [0.4, 0.5) is 5.69 Å². The molecule has 1 aliphatic heterocycles. The zero-order valence-corrected chi connectivity index (χ0v) is 12.3. The molecule has 102 valence electrons. The Morgan fingerprint density at radius 3 is 2.21 bits per heavy atom. The number of halogens is 1. The minimum Gasteiger partial charge on any atom is -0.399 e. The van der Waals surface area contributed by atoms with Gasteiger partial charge in [-0.05, 0) is 39.2 Å². The average molecular weight is 281 g/mol. The van der Waals surface area contributed by atoms with Gasteiger partial charge in [-0.15, -0.1) is 0 Å². The molecular weight excluding hydrogens is 262 g/mol. The predicted octanol–water partition coefficient (Wildman–Crippen LogP) is 2.22. The molecule has 1 aromatic carbocycles. The third-order valence-corrected chi connectivity index (χ3v) is 4.18. The minimum absolute atomic E-state index is 0.400. The Morgan fingerprint density at radius 1 is 1.21 bits per heavy atom. The van der Waals surface area contributed by atoms with E-state index in [2.05, 4.69) is 0 Å². The van der Waals surface area contributed by atoms with Crippen LogP contribution in [0.5, 0.6) is 0 Å². The van der Waals surface area contributed by atoms with Crippen LogP contribution in [0.3, 0.4) is 0 Å². The van der Waals surface area contributed by atoms with Crippen molar-refractivity contribution in [2.75, 3.05) is 5.73 Å². The zero-order valence-electron chi connectivity index (χ0n) is 11.6. The number of nitrogens with two attached hydrogens (primary N) is 1. The number of rotatable bonds is 2. The molecule has 0 bridgehead atoms. The molecule has 1 fully saturated rings. The van der Waals surface area contributed by atoms with Crippen molar-refractivity contribution in [3.05, 3.63) is 22.7 Å². The lowest BCUT2D eigenvalue weighted by molar-refractivity contribution is 0.00578. The van der Waals surface area contributed by atoms with Crippen molar-refractivity contribution in [2.45, 2.75) is 38.9 Å². The summed E-state index contributed by atoms with van der Waals surface area (Å²) in [6, 6.07) is 3.50. The monoisotopic (exact) mass is 280 g/mol. The fourth-order valence-electron chi connectivity index (χ4n) is 1.90. The van der Waals surface area contributed by atoms with Gasteiger partial charge in [-0.2, -0.15) is 0 Å². The molecule has 0 unspecified atom stereocenters. The molecule has 1 saturated heterocycles. The summed E-state index contributed by atoms with van der Waals surface area (Å²) in [5.74, 6) is 0. The molecule has 0 saturated carbocycles. The van der Waals surface area contributed by atoms with E-state index in [1.54, 1.807) is 12.1 Å². The molecule has 6 heteroatoms. The molecule has 2 rings (SSSR count). The molecule has 1 aromatic rings.